The van der Waals surface area contributed by atoms with Gasteiger partial charge in [-0.25, -0.2) is 19.9 Å². The topological polar surface area (TPSA) is 85.6 Å². The molecule has 1 N–H and O–H groups in total. The van der Waals surface area contributed by atoms with Gasteiger partial charge in [-0.05, 0) is 44.4 Å². The highest BCUT2D eigenvalue weighted by atomic mass is 32.1. The summed E-state index contributed by atoms with van der Waals surface area (Å²) in [6.45, 7) is 3.10. The molecule has 2 aliphatic rings. The summed E-state index contributed by atoms with van der Waals surface area (Å²) in [7, 11) is 0. The molecule has 0 unspecified atom stereocenters. The molecular weight excluding hydrogens is 396 g/mol. The van der Waals surface area contributed by atoms with Gasteiger partial charge in [-0.3, -0.25) is 4.79 Å². The molecule has 0 saturated heterocycles. The van der Waals surface area contributed by atoms with Gasteiger partial charge in [0.1, 0.15) is 5.52 Å². The predicted octanol–water partition coefficient (Wildman–Crippen LogP) is 4.94. The highest BCUT2D eigenvalue weighted by molar-refractivity contribution is 7.13. The summed E-state index contributed by atoms with van der Waals surface area (Å²) in [5.74, 6) is 3.02. The van der Waals surface area contributed by atoms with Crippen LogP contribution in [0.4, 0.5) is 5.82 Å². The minimum Gasteiger partial charge on any atom is -0.365 e. The first-order valence-corrected chi connectivity index (χ1v) is 12.0. The number of hydrogen-bond acceptors (Lipinski definition) is 7. The number of fused-ring (bicyclic) bond motifs is 1. The second-order valence-electron chi connectivity index (χ2n) is 8.73. The summed E-state index contributed by atoms with van der Waals surface area (Å²) < 4.78 is 2.26. The number of aromatic nitrogens is 5. The van der Waals surface area contributed by atoms with Crippen LogP contribution in [0.5, 0.6) is 0 Å². The number of rotatable bonds is 7. The molecule has 0 amide bonds. The number of imidazole rings is 1. The van der Waals surface area contributed by atoms with Crippen molar-refractivity contribution in [2.24, 2.45) is 11.8 Å². The maximum atomic E-state index is 11.5. The first kappa shape index (κ1) is 19.6. The molecule has 0 bridgehead atoms. The Hall–Kier alpha value is -2.35. The molecule has 0 spiro atoms. The van der Waals surface area contributed by atoms with Gasteiger partial charge in [0.05, 0.1) is 0 Å². The SMILES string of the molecule is C[C@@H](Nc1nc(C=O)nc2nc(-c3nccs3)n(CC3CCCCC3)c12)C1CCC1. The van der Waals surface area contributed by atoms with Crippen molar-refractivity contribution in [2.45, 2.75) is 70.9 Å². The van der Waals surface area contributed by atoms with Gasteiger partial charge in [0.15, 0.2) is 34.4 Å². The molecule has 5 rings (SSSR count). The molecule has 1 atom stereocenters. The normalized spacial score (nSPS) is 19.0. The lowest BCUT2D eigenvalue weighted by atomic mass is 9.80. The summed E-state index contributed by atoms with van der Waals surface area (Å²) in [6, 6.07) is 0.303. The number of nitrogens with zero attached hydrogens (tertiary/aromatic N) is 5. The van der Waals surface area contributed by atoms with Crippen LogP contribution in [0.25, 0.3) is 22.0 Å². The molecule has 158 valence electrons. The van der Waals surface area contributed by atoms with Crippen LogP contribution in [0.3, 0.4) is 0 Å². The van der Waals surface area contributed by atoms with Crippen molar-refractivity contribution in [1.82, 2.24) is 24.5 Å². The number of hydrogen-bond donors (Lipinski definition) is 1. The van der Waals surface area contributed by atoms with Crippen LogP contribution in [0.2, 0.25) is 0 Å². The third-order valence-electron chi connectivity index (χ3n) is 6.74. The number of thiazole rings is 1. The molecule has 2 fully saturated rings. The Morgan fingerprint density at radius 2 is 2.00 bits per heavy atom. The van der Waals surface area contributed by atoms with Crippen LogP contribution >= 0.6 is 11.3 Å². The molecule has 3 aromatic rings. The van der Waals surface area contributed by atoms with Crippen LogP contribution in [-0.4, -0.2) is 36.8 Å². The van der Waals surface area contributed by atoms with E-state index in [-0.39, 0.29) is 5.82 Å². The number of carbonyl (C=O) groups excluding carboxylic acids is 1. The lowest BCUT2D eigenvalue weighted by molar-refractivity contribution is 0.111. The average Bonchev–Trinajstić information content (AvgIpc) is 3.35. The maximum absolute atomic E-state index is 11.5. The van der Waals surface area contributed by atoms with Crippen molar-refractivity contribution in [3.63, 3.8) is 0 Å². The van der Waals surface area contributed by atoms with Crippen molar-refractivity contribution in [3.05, 3.63) is 17.4 Å². The van der Waals surface area contributed by atoms with Crippen molar-refractivity contribution in [2.75, 3.05) is 5.32 Å². The van der Waals surface area contributed by atoms with Crippen molar-refractivity contribution >= 4 is 34.6 Å². The van der Waals surface area contributed by atoms with Gasteiger partial charge in [0, 0.05) is 24.2 Å². The second-order valence-corrected chi connectivity index (χ2v) is 9.63. The Morgan fingerprint density at radius 1 is 1.17 bits per heavy atom. The van der Waals surface area contributed by atoms with E-state index in [1.165, 1.54) is 51.4 Å². The minimum absolute atomic E-state index is 0.179. The molecule has 3 aromatic heterocycles. The standard InChI is InChI=1S/C22H28N6OS/c1-14(16-8-5-9-16)24-19-18-20(26-17(13-29)25-19)27-21(22-23-10-11-30-22)28(18)12-15-6-3-2-4-7-15/h10-11,13-16H,2-9,12H2,1H3,(H,24,25,26)/t14-/m1/s1. The fourth-order valence-electron chi connectivity index (χ4n) is 4.78. The van der Waals surface area contributed by atoms with E-state index in [1.807, 2.05) is 11.6 Å². The summed E-state index contributed by atoms with van der Waals surface area (Å²) in [5, 5.41) is 6.47. The summed E-state index contributed by atoms with van der Waals surface area (Å²) >= 11 is 1.58. The molecular formula is C22H28N6OS. The molecule has 7 nitrogen and oxygen atoms in total. The largest absolute Gasteiger partial charge is 0.365 e. The van der Waals surface area contributed by atoms with Crippen LogP contribution in [0.15, 0.2) is 11.6 Å². The highest BCUT2D eigenvalue weighted by Crippen LogP contribution is 2.35. The predicted molar refractivity (Wildman–Crippen MR) is 119 cm³/mol. The first-order chi connectivity index (χ1) is 14.7. The van der Waals surface area contributed by atoms with Gasteiger partial charge < -0.3 is 9.88 Å². The Kier molecular flexibility index (Phi) is 5.50. The van der Waals surface area contributed by atoms with E-state index in [0.717, 1.165) is 28.7 Å². The quantitative estimate of drug-likeness (QED) is 0.541. The molecule has 2 saturated carbocycles. The Balaban J connectivity index is 1.62. The Morgan fingerprint density at radius 3 is 2.67 bits per heavy atom. The monoisotopic (exact) mass is 424 g/mol. The van der Waals surface area contributed by atoms with Gasteiger partial charge in [-0.1, -0.05) is 25.7 Å². The zero-order valence-corrected chi connectivity index (χ0v) is 18.2. The fourth-order valence-corrected chi connectivity index (χ4v) is 5.42. The average molecular weight is 425 g/mol. The maximum Gasteiger partial charge on any atom is 0.196 e. The summed E-state index contributed by atoms with van der Waals surface area (Å²) in [5.41, 5.74) is 1.49. The Labute approximate surface area is 180 Å². The fraction of sp³-hybridized carbons (Fsp3) is 0.591. The van der Waals surface area contributed by atoms with Crippen molar-refractivity contribution < 1.29 is 4.79 Å². The van der Waals surface area contributed by atoms with Gasteiger partial charge in [-0.2, -0.15) is 0 Å². The van der Waals surface area contributed by atoms with E-state index in [9.17, 15) is 4.79 Å². The molecule has 8 heteroatoms. The Bertz CT molecular complexity index is 1020. The van der Waals surface area contributed by atoms with Crippen LogP contribution in [-0.2, 0) is 6.54 Å². The first-order valence-electron chi connectivity index (χ1n) is 11.1. The molecule has 0 aliphatic heterocycles. The van der Waals surface area contributed by atoms with Crippen molar-refractivity contribution in [3.8, 4) is 10.8 Å². The third kappa shape index (κ3) is 3.73. The number of aldehydes is 1. The van der Waals surface area contributed by atoms with E-state index >= 15 is 0 Å². The summed E-state index contributed by atoms with van der Waals surface area (Å²) in [4.78, 5) is 29.9. The second kappa shape index (κ2) is 8.41. The molecule has 3 heterocycles. The third-order valence-corrected chi connectivity index (χ3v) is 7.51. The smallest absolute Gasteiger partial charge is 0.196 e. The van der Waals surface area contributed by atoms with E-state index in [1.54, 1.807) is 11.3 Å². The number of anilines is 1. The zero-order valence-electron chi connectivity index (χ0n) is 17.4. The van der Waals surface area contributed by atoms with Gasteiger partial charge in [0.2, 0.25) is 0 Å². The zero-order chi connectivity index (χ0) is 20.5. The van der Waals surface area contributed by atoms with E-state index < -0.39 is 0 Å². The number of nitrogens with one attached hydrogen (secondary N) is 1. The molecule has 2 aliphatic carbocycles. The van der Waals surface area contributed by atoms with Crippen LogP contribution in [0.1, 0.15) is 68.9 Å². The van der Waals surface area contributed by atoms with Crippen molar-refractivity contribution in [1.29, 1.82) is 0 Å². The number of carbonyl (C=O) groups is 1. The molecule has 0 aromatic carbocycles. The van der Waals surface area contributed by atoms with Crippen LogP contribution < -0.4 is 5.32 Å². The highest BCUT2D eigenvalue weighted by Gasteiger charge is 2.27. The van der Waals surface area contributed by atoms with Gasteiger partial charge in [0.25, 0.3) is 0 Å². The summed E-state index contributed by atoms with van der Waals surface area (Å²) in [6.07, 6.45) is 12.7. The lowest BCUT2D eigenvalue weighted by Crippen LogP contribution is -2.31. The minimum atomic E-state index is 0.179. The van der Waals surface area contributed by atoms with E-state index in [2.05, 4.69) is 31.8 Å². The van der Waals surface area contributed by atoms with E-state index in [0.29, 0.717) is 29.8 Å². The lowest BCUT2D eigenvalue weighted by Gasteiger charge is -2.32. The van der Waals surface area contributed by atoms with Gasteiger partial charge >= 0.3 is 0 Å². The van der Waals surface area contributed by atoms with Gasteiger partial charge in [-0.15, -0.1) is 11.3 Å². The molecule has 30 heavy (non-hydrogen) atoms. The molecule has 0 radical (unpaired) electrons. The van der Waals surface area contributed by atoms with E-state index in [4.69, 9.17) is 4.98 Å². The van der Waals surface area contributed by atoms with Crippen LogP contribution in [0, 0.1) is 11.8 Å².